The Kier molecular flexibility index (Phi) is 5.11. The highest BCUT2D eigenvalue weighted by Gasteiger charge is 2.45. The van der Waals surface area contributed by atoms with E-state index in [0.717, 1.165) is 0 Å². The molecule has 1 aromatic rings. The zero-order valence-corrected chi connectivity index (χ0v) is 11.9. The van der Waals surface area contributed by atoms with Crippen molar-refractivity contribution in [3.8, 4) is 0 Å². The van der Waals surface area contributed by atoms with E-state index in [9.17, 15) is 19.2 Å². The molecule has 1 heterocycles. The van der Waals surface area contributed by atoms with Gasteiger partial charge in [-0.15, -0.1) is 0 Å². The first-order chi connectivity index (χ1) is 8.77. The summed E-state index contributed by atoms with van der Waals surface area (Å²) in [6, 6.07) is 6.84. The smallest absolute Gasteiger partial charge is 0.261 e. The summed E-state index contributed by atoms with van der Waals surface area (Å²) < 4.78 is 9.56. The number of carbonyl (C=O) groups is 2. The van der Waals surface area contributed by atoms with Gasteiger partial charge in [0.2, 0.25) is 0 Å². The molecule has 0 saturated heterocycles. The molecule has 0 spiro atoms. The molecule has 1 amide bonds. The molecular weight excluding hydrogens is 266 g/mol. The van der Waals surface area contributed by atoms with Crippen LogP contribution in [-0.4, -0.2) is 33.9 Å². The first kappa shape index (κ1) is 15.7. The molecule has 19 heavy (non-hydrogen) atoms. The van der Waals surface area contributed by atoms with E-state index in [1.807, 2.05) is 0 Å². The lowest BCUT2D eigenvalue weighted by molar-refractivity contribution is -0.139. The number of ketones is 1. The maximum absolute atomic E-state index is 11.6. The number of para-hydroxylation sites is 1. The van der Waals surface area contributed by atoms with Gasteiger partial charge in [0.1, 0.15) is 5.78 Å². The van der Waals surface area contributed by atoms with Crippen molar-refractivity contribution in [1.29, 1.82) is 0 Å². The number of amides is 1. The molecule has 104 valence electrons. The van der Waals surface area contributed by atoms with Crippen LogP contribution in [0.1, 0.15) is 18.9 Å². The molecule has 0 fully saturated rings. The number of carbonyl (C=O) groups excluding carboxylic acids is 2. The summed E-state index contributed by atoms with van der Waals surface area (Å²) in [5.41, 5.74) is -0.640. The number of rotatable bonds is 2. The monoisotopic (exact) mass is 283 g/mol. The van der Waals surface area contributed by atoms with Gasteiger partial charge in [-0.05, 0) is 13.0 Å². The lowest BCUT2D eigenvalue weighted by atomic mass is 9.90. The van der Waals surface area contributed by atoms with Crippen LogP contribution in [0.5, 0.6) is 0 Å². The van der Waals surface area contributed by atoms with Crippen molar-refractivity contribution in [3.63, 3.8) is 0 Å². The minimum absolute atomic E-state index is 0.185. The van der Waals surface area contributed by atoms with Crippen molar-refractivity contribution >= 4 is 28.6 Å². The number of Topliss-reactive ketones (excluding diaryl/α,β-unsaturated/α-hetero) is 1. The van der Waals surface area contributed by atoms with Crippen LogP contribution in [0.3, 0.4) is 0 Å². The molecule has 0 radical (unpaired) electrons. The van der Waals surface area contributed by atoms with Gasteiger partial charge in [0, 0.05) is 17.7 Å². The number of nitrogens with one attached hydrogen (secondary N) is 1. The highest BCUT2D eigenvalue weighted by Crippen LogP contribution is 2.37. The second-order valence-electron chi connectivity index (χ2n) is 4.48. The number of hydrogen-bond acceptors (Lipinski definition) is 4. The highest BCUT2D eigenvalue weighted by molar-refractivity contribution is 7.89. The Hall–Kier alpha value is -1.37. The molecule has 1 aliphatic rings. The summed E-state index contributed by atoms with van der Waals surface area (Å²) in [5, 5.41) is 12.7. The molecule has 1 unspecified atom stereocenters. The first-order valence-electron chi connectivity index (χ1n) is 5.65. The van der Waals surface area contributed by atoms with E-state index in [1.165, 1.54) is 6.92 Å². The van der Waals surface area contributed by atoms with Gasteiger partial charge in [-0.1, -0.05) is 29.4 Å². The van der Waals surface area contributed by atoms with Crippen molar-refractivity contribution in [2.45, 2.75) is 18.9 Å². The zero-order chi connectivity index (χ0) is 14.6. The predicted molar refractivity (Wildman–Crippen MR) is 74.3 cm³/mol. The fourth-order valence-corrected chi connectivity index (χ4v) is 1.84. The summed E-state index contributed by atoms with van der Waals surface area (Å²) >= 11 is -0.611. The topological polar surface area (TPSA) is 89.5 Å². The van der Waals surface area contributed by atoms with Crippen molar-refractivity contribution in [3.05, 3.63) is 29.8 Å². The van der Waals surface area contributed by atoms with Gasteiger partial charge in [-0.25, -0.2) is 0 Å². The van der Waals surface area contributed by atoms with E-state index >= 15 is 0 Å². The van der Waals surface area contributed by atoms with Crippen molar-refractivity contribution in [2.24, 2.45) is 0 Å². The summed E-state index contributed by atoms with van der Waals surface area (Å²) in [7, 11) is 0. The third-order valence-electron chi connectivity index (χ3n) is 2.50. The van der Waals surface area contributed by atoms with Crippen molar-refractivity contribution in [2.75, 3.05) is 17.8 Å². The van der Waals surface area contributed by atoms with Crippen LogP contribution in [0.25, 0.3) is 0 Å². The van der Waals surface area contributed by atoms with Gasteiger partial charge < -0.3 is 15.0 Å². The summed E-state index contributed by atoms with van der Waals surface area (Å²) in [6.45, 7) is 1.35. The molecule has 1 atom stereocenters. The number of fused-ring (bicyclic) bond motifs is 1. The second kappa shape index (κ2) is 6.18. The molecule has 0 saturated carbocycles. The molecule has 6 heteroatoms. The lowest BCUT2D eigenvalue weighted by Crippen LogP contribution is -2.35. The normalized spacial score (nSPS) is 20.4. The standard InChI is InChI=1S/C11H11NO3.C2H6OS/c1-7(13)6-11(15)8-4-2-3-5-9(8)12-10(11)14;1-4(2)3/h2-5,15H,6H2,1H3,(H,12,14);1-2H3. The van der Waals surface area contributed by atoms with Gasteiger partial charge in [0.15, 0.2) is 5.60 Å². The number of anilines is 1. The van der Waals surface area contributed by atoms with E-state index in [2.05, 4.69) is 5.32 Å². The maximum atomic E-state index is 11.6. The Morgan fingerprint density at radius 1 is 1.42 bits per heavy atom. The van der Waals surface area contributed by atoms with E-state index in [4.69, 9.17) is 0 Å². The fraction of sp³-hybridized carbons (Fsp3) is 0.385. The molecular formula is C13H17NO4S. The molecule has 1 aromatic carbocycles. The predicted octanol–water partition coefficient (Wildman–Crippen LogP) is 0.800. The van der Waals surface area contributed by atoms with E-state index in [1.54, 1.807) is 36.8 Å². The van der Waals surface area contributed by atoms with Gasteiger partial charge in [0.05, 0.1) is 12.5 Å². The Labute approximate surface area is 115 Å². The lowest BCUT2D eigenvalue weighted by Gasteiger charge is -2.18. The van der Waals surface area contributed by atoms with Crippen molar-refractivity contribution in [1.82, 2.24) is 0 Å². The number of benzene rings is 1. The van der Waals surface area contributed by atoms with E-state index < -0.39 is 22.7 Å². The maximum Gasteiger partial charge on any atom is 0.261 e. The van der Waals surface area contributed by atoms with Crippen LogP contribution >= 0.6 is 0 Å². The van der Waals surface area contributed by atoms with Crippen molar-refractivity contribution < 1.29 is 19.2 Å². The average Bonchev–Trinajstić information content (AvgIpc) is 2.50. The van der Waals surface area contributed by atoms with Crippen LogP contribution in [0.15, 0.2) is 24.3 Å². The third-order valence-corrected chi connectivity index (χ3v) is 2.50. The molecule has 1 aliphatic heterocycles. The Morgan fingerprint density at radius 2 is 1.95 bits per heavy atom. The average molecular weight is 283 g/mol. The Morgan fingerprint density at radius 3 is 2.47 bits per heavy atom. The van der Waals surface area contributed by atoms with Gasteiger partial charge in [-0.3, -0.25) is 9.59 Å². The van der Waals surface area contributed by atoms with Gasteiger partial charge >= 0.3 is 0 Å². The van der Waals surface area contributed by atoms with Crippen LogP contribution in [0.2, 0.25) is 0 Å². The molecule has 2 rings (SSSR count). The Balaban J connectivity index is 0.000000399. The Bertz CT molecular complexity index is 487. The summed E-state index contributed by atoms with van der Waals surface area (Å²) in [5.74, 6) is -0.747. The van der Waals surface area contributed by atoms with Gasteiger partial charge in [0.25, 0.3) is 5.91 Å². The van der Waals surface area contributed by atoms with Gasteiger partial charge in [-0.2, -0.15) is 0 Å². The molecule has 0 aromatic heterocycles. The quantitative estimate of drug-likeness (QED) is 0.786. The van der Waals surface area contributed by atoms with Crippen LogP contribution < -0.4 is 5.32 Å². The minimum Gasteiger partial charge on any atom is -0.617 e. The second-order valence-corrected chi connectivity index (χ2v) is 5.96. The first-order valence-corrected chi connectivity index (χ1v) is 7.62. The third kappa shape index (κ3) is 3.79. The number of hydrogen-bond donors (Lipinski definition) is 2. The van der Waals surface area contributed by atoms with E-state index in [-0.39, 0.29) is 12.2 Å². The largest absolute Gasteiger partial charge is 0.617 e. The summed E-state index contributed by atoms with van der Waals surface area (Å²) in [4.78, 5) is 22.6. The van der Waals surface area contributed by atoms with Crippen LogP contribution in [0, 0.1) is 0 Å². The highest BCUT2D eigenvalue weighted by atomic mass is 32.2. The number of aliphatic hydroxyl groups is 1. The molecule has 5 nitrogen and oxygen atoms in total. The minimum atomic E-state index is -1.69. The summed E-state index contributed by atoms with van der Waals surface area (Å²) in [6.07, 6.45) is 3.09. The fourth-order valence-electron chi connectivity index (χ4n) is 1.84. The zero-order valence-electron chi connectivity index (χ0n) is 11.1. The molecule has 0 bridgehead atoms. The molecule has 2 N–H and O–H groups in total. The van der Waals surface area contributed by atoms with Crippen LogP contribution in [-0.2, 0) is 26.4 Å². The SMILES string of the molecule is CC(=O)CC1(O)C(=O)Nc2ccccc21.C[S+](C)[O-]. The van der Waals surface area contributed by atoms with E-state index in [0.29, 0.717) is 11.3 Å². The van der Waals surface area contributed by atoms with Crippen LogP contribution in [0.4, 0.5) is 5.69 Å². The molecule has 0 aliphatic carbocycles.